The van der Waals surface area contributed by atoms with Crippen LogP contribution in [0.3, 0.4) is 0 Å². The number of carbonyl (C=O) groups is 3. The summed E-state index contributed by atoms with van der Waals surface area (Å²) in [6.45, 7) is -0.864. The van der Waals surface area contributed by atoms with Crippen LogP contribution in [0, 0.1) is 0 Å². The van der Waals surface area contributed by atoms with Gasteiger partial charge in [0.15, 0.2) is 5.69 Å². The van der Waals surface area contributed by atoms with Crippen LogP contribution in [-0.2, 0) is 9.59 Å². The lowest BCUT2D eigenvalue weighted by Gasteiger charge is -2.18. The van der Waals surface area contributed by atoms with Crippen LogP contribution in [0.5, 0.6) is 0 Å². The van der Waals surface area contributed by atoms with E-state index in [2.05, 4.69) is 10.2 Å². The minimum absolute atomic E-state index is 0.0415. The third-order valence-electron chi connectivity index (χ3n) is 2.77. The Morgan fingerprint density at radius 3 is 2.33 bits per heavy atom. The fourth-order valence-corrected chi connectivity index (χ4v) is 1.92. The lowest BCUT2D eigenvalue weighted by atomic mass is 10.1. The third-order valence-corrected chi connectivity index (χ3v) is 2.77. The SMILES string of the molecule is NC(=O)CN(CC(N)=O)C(=O)c1n[nH]c2ccc(N)cc12. The monoisotopic (exact) mass is 290 g/mol. The van der Waals surface area contributed by atoms with Gasteiger partial charge in [-0.2, -0.15) is 5.10 Å². The van der Waals surface area contributed by atoms with Gasteiger partial charge in [-0.3, -0.25) is 19.5 Å². The van der Waals surface area contributed by atoms with Crippen LogP contribution in [0.1, 0.15) is 10.5 Å². The number of rotatable bonds is 5. The summed E-state index contributed by atoms with van der Waals surface area (Å²) in [7, 11) is 0. The highest BCUT2D eigenvalue weighted by atomic mass is 16.2. The minimum atomic E-state index is -0.760. The van der Waals surface area contributed by atoms with Crippen molar-refractivity contribution in [2.24, 2.45) is 11.5 Å². The molecule has 0 unspecified atom stereocenters. The summed E-state index contributed by atoms with van der Waals surface area (Å²) in [6.07, 6.45) is 0. The zero-order valence-electron chi connectivity index (χ0n) is 11.0. The van der Waals surface area contributed by atoms with E-state index >= 15 is 0 Å². The predicted octanol–water partition coefficient (Wildman–Crippen LogP) is -1.44. The van der Waals surface area contributed by atoms with E-state index < -0.39 is 30.8 Å². The van der Waals surface area contributed by atoms with Crippen molar-refractivity contribution < 1.29 is 14.4 Å². The van der Waals surface area contributed by atoms with Crippen molar-refractivity contribution in [2.75, 3.05) is 18.8 Å². The molecular formula is C12H14N6O3. The van der Waals surface area contributed by atoms with Crippen LogP contribution in [0.25, 0.3) is 10.9 Å². The fraction of sp³-hybridized carbons (Fsp3) is 0.167. The number of aromatic nitrogens is 2. The molecule has 0 atom stereocenters. The topological polar surface area (TPSA) is 161 Å². The molecule has 0 fully saturated rings. The van der Waals surface area contributed by atoms with Crippen molar-refractivity contribution in [3.05, 3.63) is 23.9 Å². The number of anilines is 1. The molecule has 2 aromatic rings. The van der Waals surface area contributed by atoms with Crippen molar-refractivity contribution in [2.45, 2.75) is 0 Å². The van der Waals surface area contributed by atoms with Gasteiger partial charge in [0.2, 0.25) is 11.8 Å². The highest BCUT2D eigenvalue weighted by Crippen LogP contribution is 2.20. The van der Waals surface area contributed by atoms with Gasteiger partial charge in [-0.05, 0) is 18.2 Å². The fourth-order valence-electron chi connectivity index (χ4n) is 1.92. The number of amides is 3. The summed E-state index contributed by atoms with van der Waals surface area (Å²) in [6, 6.07) is 4.89. The first-order valence-corrected chi connectivity index (χ1v) is 5.98. The molecule has 9 nitrogen and oxygen atoms in total. The van der Waals surface area contributed by atoms with E-state index in [4.69, 9.17) is 17.2 Å². The van der Waals surface area contributed by atoms with Crippen molar-refractivity contribution in [1.29, 1.82) is 0 Å². The van der Waals surface area contributed by atoms with Crippen LogP contribution in [0.4, 0.5) is 5.69 Å². The zero-order chi connectivity index (χ0) is 15.6. The van der Waals surface area contributed by atoms with Gasteiger partial charge in [0.1, 0.15) is 13.1 Å². The molecule has 9 heteroatoms. The van der Waals surface area contributed by atoms with Gasteiger partial charge >= 0.3 is 0 Å². The summed E-state index contributed by atoms with van der Waals surface area (Å²) in [4.78, 5) is 35.3. The van der Waals surface area contributed by atoms with E-state index in [1.165, 1.54) is 0 Å². The molecule has 0 bridgehead atoms. The molecule has 0 radical (unpaired) electrons. The van der Waals surface area contributed by atoms with E-state index in [0.29, 0.717) is 16.6 Å². The van der Waals surface area contributed by atoms with E-state index in [1.54, 1.807) is 18.2 Å². The van der Waals surface area contributed by atoms with Gasteiger partial charge in [0, 0.05) is 11.1 Å². The predicted molar refractivity (Wildman–Crippen MR) is 74.8 cm³/mol. The first-order valence-electron chi connectivity index (χ1n) is 5.98. The minimum Gasteiger partial charge on any atom is -0.399 e. The number of primary amides is 2. The number of H-pyrrole nitrogens is 1. The van der Waals surface area contributed by atoms with Crippen LogP contribution in [0.15, 0.2) is 18.2 Å². The number of nitrogens with one attached hydrogen (secondary N) is 1. The number of nitrogen functional groups attached to an aromatic ring is 1. The van der Waals surface area contributed by atoms with Crippen molar-refractivity contribution in [3.63, 3.8) is 0 Å². The van der Waals surface area contributed by atoms with Crippen LogP contribution in [-0.4, -0.2) is 45.9 Å². The zero-order valence-corrected chi connectivity index (χ0v) is 11.0. The summed E-state index contributed by atoms with van der Waals surface area (Å²) in [5, 5.41) is 7.05. The van der Waals surface area contributed by atoms with Crippen LogP contribution in [0.2, 0.25) is 0 Å². The van der Waals surface area contributed by atoms with Gasteiger partial charge in [-0.1, -0.05) is 0 Å². The van der Waals surface area contributed by atoms with Crippen molar-refractivity contribution >= 4 is 34.3 Å². The first-order chi connectivity index (χ1) is 9.88. The second kappa shape index (κ2) is 5.49. The lowest BCUT2D eigenvalue weighted by molar-refractivity contribution is -0.121. The molecular weight excluding hydrogens is 276 g/mol. The molecule has 0 aliphatic heterocycles. The van der Waals surface area contributed by atoms with Gasteiger partial charge in [0.05, 0.1) is 5.52 Å². The van der Waals surface area contributed by atoms with Crippen LogP contribution < -0.4 is 17.2 Å². The standard InChI is InChI=1S/C12H14N6O3/c13-6-1-2-8-7(3-6)11(17-16-8)12(21)18(4-9(14)19)5-10(15)20/h1-3H,4-5,13H2,(H2,14,19)(H2,15,20)(H,16,17). The summed E-state index contributed by atoms with van der Waals surface area (Å²) in [5.74, 6) is -2.16. The molecule has 0 aliphatic rings. The Kier molecular flexibility index (Phi) is 3.74. The Morgan fingerprint density at radius 2 is 1.76 bits per heavy atom. The van der Waals surface area contributed by atoms with Crippen molar-refractivity contribution in [1.82, 2.24) is 15.1 Å². The van der Waals surface area contributed by atoms with Gasteiger partial charge in [0.25, 0.3) is 5.91 Å². The number of benzene rings is 1. The number of nitrogens with two attached hydrogens (primary N) is 3. The number of aromatic amines is 1. The number of hydrogen-bond acceptors (Lipinski definition) is 5. The van der Waals surface area contributed by atoms with Gasteiger partial charge < -0.3 is 22.1 Å². The van der Waals surface area contributed by atoms with Crippen LogP contribution >= 0.6 is 0 Å². The molecule has 0 spiro atoms. The number of fused-ring (bicyclic) bond motifs is 1. The Bertz CT molecular complexity index is 707. The summed E-state index contributed by atoms with van der Waals surface area (Å²) < 4.78 is 0. The Morgan fingerprint density at radius 1 is 1.14 bits per heavy atom. The molecule has 0 aliphatic carbocycles. The normalized spacial score (nSPS) is 10.5. The number of hydrogen-bond donors (Lipinski definition) is 4. The molecule has 0 saturated carbocycles. The average Bonchev–Trinajstić information content (AvgIpc) is 2.78. The Balaban J connectivity index is 2.40. The quantitative estimate of drug-likeness (QED) is 0.495. The molecule has 110 valence electrons. The maximum absolute atomic E-state index is 12.4. The smallest absolute Gasteiger partial charge is 0.275 e. The van der Waals surface area contributed by atoms with E-state index in [9.17, 15) is 14.4 Å². The van der Waals surface area contributed by atoms with E-state index in [1.807, 2.05) is 0 Å². The lowest BCUT2D eigenvalue weighted by Crippen LogP contribution is -2.43. The second-order valence-electron chi connectivity index (χ2n) is 4.47. The van der Waals surface area contributed by atoms with E-state index in [-0.39, 0.29) is 5.69 Å². The van der Waals surface area contributed by atoms with Crippen molar-refractivity contribution in [3.8, 4) is 0 Å². The highest BCUT2D eigenvalue weighted by Gasteiger charge is 2.23. The molecule has 0 saturated heterocycles. The number of carbonyl (C=O) groups excluding carboxylic acids is 3. The Labute approximate surface area is 119 Å². The van der Waals surface area contributed by atoms with Gasteiger partial charge in [-0.15, -0.1) is 0 Å². The maximum Gasteiger partial charge on any atom is 0.275 e. The van der Waals surface area contributed by atoms with Gasteiger partial charge in [-0.25, -0.2) is 0 Å². The first kappa shape index (κ1) is 14.3. The summed E-state index contributed by atoms with van der Waals surface area (Å²) in [5.41, 5.74) is 16.9. The Hall–Kier alpha value is -3.10. The highest BCUT2D eigenvalue weighted by molar-refractivity contribution is 6.07. The molecule has 1 aromatic heterocycles. The second-order valence-corrected chi connectivity index (χ2v) is 4.47. The third kappa shape index (κ3) is 3.08. The molecule has 1 heterocycles. The maximum atomic E-state index is 12.4. The average molecular weight is 290 g/mol. The molecule has 21 heavy (non-hydrogen) atoms. The van der Waals surface area contributed by atoms with E-state index in [0.717, 1.165) is 4.90 Å². The summed E-state index contributed by atoms with van der Waals surface area (Å²) >= 11 is 0. The molecule has 2 rings (SSSR count). The largest absolute Gasteiger partial charge is 0.399 e. The molecule has 7 N–H and O–H groups in total. The number of nitrogens with zero attached hydrogens (tertiary/aromatic N) is 2. The molecule has 3 amide bonds. The molecule has 1 aromatic carbocycles.